The number of piperidine rings is 1. The van der Waals surface area contributed by atoms with Gasteiger partial charge in [-0.2, -0.15) is 0 Å². The highest BCUT2D eigenvalue weighted by Gasteiger charge is 2.22. The van der Waals surface area contributed by atoms with Crippen molar-refractivity contribution in [1.29, 1.82) is 0 Å². The van der Waals surface area contributed by atoms with Gasteiger partial charge in [-0.1, -0.05) is 26.0 Å². The van der Waals surface area contributed by atoms with Crippen LogP contribution in [0.5, 0.6) is 0 Å². The van der Waals surface area contributed by atoms with E-state index in [-0.39, 0.29) is 11.2 Å². The highest BCUT2D eigenvalue weighted by Crippen LogP contribution is 2.24. The average molecular weight is 398 g/mol. The quantitative estimate of drug-likeness (QED) is 0.721. The molecule has 0 bridgehead atoms. The minimum atomic E-state index is -0.469. The molecule has 1 aliphatic rings. The molecule has 1 aromatic carbocycles. The third-order valence-corrected chi connectivity index (χ3v) is 5.77. The second kappa shape index (κ2) is 7.85. The normalized spacial score (nSPS) is 20.4. The maximum atomic E-state index is 12.5. The number of thiazole rings is 1. The number of aromatic nitrogens is 1. The zero-order chi connectivity index (χ0) is 19.7. The van der Waals surface area contributed by atoms with Crippen molar-refractivity contribution < 1.29 is 9.21 Å². The molecule has 1 N–H and O–H groups in total. The fourth-order valence-corrected chi connectivity index (χ4v) is 4.66. The molecule has 0 spiro atoms. The van der Waals surface area contributed by atoms with Gasteiger partial charge >= 0.3 is 0 Å². The van der Waals surface area contributed by atoms with Crippen LogP contribution < -0.4 is 10.7 Å². The van der Waals surface area contributed by atoms with Gasteiger partial charge in [0.15, 0.2) is 16.3 Å². The van der Waals surface area contributed by atoms with Gasteiger partial charge in [-0.05, 0) is 30.4 Å². The third-order valence-electron chi connectivity index (χ3n) is 4.96. The Balaban J connectivity index is 1.45. The van der Waals surface area contributed by atoms with Gasteiger partial charge in [-0.15, -0.1) is 11.3 Å². The number of hydrogen-bond acceptors (Lipinski definition) is 6. The number of hydrogen-bond donors (Lipinski definition) is 1. The van der Waals surface area contributed by atoms with Crippen LogP contribution in [0.2, 0.25) is 0 Å². The molecule has 1 aliphatic heterocycles. The Hall–Kier alpha value is -2.51. The van der Waals surface area contributed by atoms with Gasteiger partial charge in [0.1, 0.15) is 5.58 Å². The molecule has 0 aliphatic carbocycles. The second-order valence-corrected chi connectivity index (χ2v) is 8.57. The van der Waals surface area contributed by atoms with E-state index in [0.717, 1.165) is 25.3 Å². The maximum absolute atomic E-state index is 12.5. The molecule has 28 heavy (non-hydrogen) atoms. The SMILES string of the molecule is CC1CC(C)CN(Cc2csc(NC(=O)c3cc(=O)c4ccccc4o3)n2)C1. The summed E-state index contributed by atoms with van der Waals surface area (Å²) >= 11 is 1.38. The minimum absolute atomic E-state index is 0.0147. The monoisotopic (exact) mass is 397 g/mol. The van der Waals surface area contributed by atoms with Crippen molar-refractivity contribution in [3.63, 3.8) is 0 Å². The second-order valence-electron chi connectivity index (χ2n) is 7.71. The molecule has 3 heterocycles. The Morgan fingerprint density at radius 3 is 2.82 bits per heavy atom. The number of rotatable bonds is 4. The van der Waals surface area contributed by atoms with E-state index in [9.17, 15) is 9.59 Å². The first-order chi connectivity index (χ1) is 13.5. The standard InChI is InChI=1S/C21H23N3O3S/c1-13-7-14(2)10-24(9-13)11-15-12-28-21(22-15)23-20(26)19-8-17(25)16-5-3-4-6-18(16)27-19/h3-6,8,12-14H,7,9-11H2,1-2H3,(H,22,23,26). The number of anilines is 1. The van der Waals surface area contributed by atoms with Crippen molar-refractivity contribution in [2.75, 3.05) is 18.4 Å². The van der Waals surface area contributed by atoms with Crippen molar-refractivity contribution in [1.82, 2.24) is 9.88 Å². The Morgan fingerprint density at radius 1 is 1.29 bits per heavy atom. The molecule has 2 unspecified atom stereocenters. The van der Waals surface area contributed by atoms with Gasteiger partial charge in [0, 0.05) is 31.1 Å². The number of nitrogens with zero attached hydrogens (tertiary/aromatic N) is 2. The van der Waals surface area contributed by atoms with Crippen LogP contribution in [0.25, 0.3) is 11.0 Å². The predicted octanol–water partition coefficient (Wildman–Crippen LogP) is 3.98. The Labute approximate surface area is 167 Å². The molecule has 1 fully saturated rings. The van der Waals surface area contributed by atoms with Crippen molar-refractivity contribution >= 4 is 33.3 Å². The van der Waals surface area contributed by atoms with Gasteiger partial charge in [0.25, 0.3) is 5.91 Å². The smallest absolute Gasteiger partial charge is 0.293 e. The van der Waals surface area contributed by atoms with E-state index in [4.69, 9.17) is 4.42 Å². The molecule has 146 valence electrons. The van der Waals surface area contributed by atoms with Crippen molar-refractivity contribution in [2.24, 2.45) is 11.8 Å². The molecule has 0 saturated carbocycles. The molecule has 2 aromatic heterocycles. The first-order valence-corrected chi connectivity index (χ1v) is 10.4. The fraction of sp³-hybridized carbons (Fsp3) is 0.381. The Morgan fingerprint density at radius 2 is 2.04 bits per heavy atom. The number of amides is 1. The summed E-state index contributed by atoms with van der Waals surface area (Å²) in [6.45, 7) is 7.50. The molecular weight excluding hydrogens is 374 g/mol. The molecule has 2 atom stereocenters. The van der Waals surface area contributed by atoms with E-state index in [1.807, 2.05) is 5.38 Å². The summed E-state index contributed by atoms with van der Waals surface area (Å²) in [5, 5.41) is 5.68. The number of benzene rings is 1. The van der Waals surface area contributed by atoms with Gasteiger partial charge in [0.05, 0.1) is 11.1 Å². The maximum Gasteiger partial charge on any atom is 0.293 e. The van der Waals surface area contributed by atoms with Gasteiger partial charge < -0.3 is 4.42 Å². The van der Waals surface area contributed by atoms with Crippen molar-refractivity contribution in [3.8, 4) is 0 Å². The van der Waals surface area contributed by atoms with Crippen LogP contribution in [0, 0.1) is 11.8 Å². The summed E-state index contributed by atoms with van der Waals surface area (Å²) in [6, 6.07) is 8.11. The number of carbonyl (C=O) groups excluding carboxylic acids is 1. The Kier molecular flexibility index (Phi) is 5.28. The molecule has 0 radical (unpaired) electrons. The van der Waals surface area contributed by atoms with Gasteiger partial charge in [-0.3, -0.25) is 19.8 Å². The summed E-state index contributed by atoms with van der Waals surface area (Å²) < 4.78 is 5.59. The zero-order valence-corrected chi connectivity index (χ0v) is 16.8. The first-order valence-electron chi connectivity index (χ1n) is 9.49. The summed E-state index contributed by atoms with van der Waals surface area (Å²) in [7, 11) is 0. The fourth-order valence-electron chi connectivity index (χ4n) is 3.96. The van der Waals surface area contributed by atoms with E-state index in [2.05, 4.69) is 29.0 Å². The third kappa shape index (κ3) is 4.15. The summed E-state index contributed by atoms with van der Waals surface area (Å²) in [5.41, 5.74) is 1.11. The van der Waals surface area contributed by atoms with Crippen LogP contribution in [-0.4, -0.2) is 28.9 Å². The molecule has 1 amide bonds. The average Bonchev–Trinajstić information content (AvgIpc) is 3.07. The van der Waals surface area contributed by atoms with Gasteiger partial charge in [-0.25, -0.2) is 4.98 Å². The molecular formula is C21H23N3O3S. The van der Waals surface area contributed by atoms with E-state index in [1.54, 1.807) is 24.3 Å². The molecule has 6 nitrogen and oxygen atoms in total. The number of nitrogens with one attached hydrogen (secondary N) is 1. The van der Waals surface area contributed by atoms with E-state index >= 15 is 0 Å². The van der Waals surface area contributed by atoms with Crippen LogP contribution >= 0.6 is 11.3 Å². The molecule has 3 aromatic rings. The van der Waals surface area contributed by atoms with Crippen LogP contribution in [0.15, 0.2) is 44.9 Å². The topological polar surface area (TPSA) is 75.4 Å². The van der Waals surface area contributed by atoms with Crippen LogP contribution in [0.4, 0.5) is 5.13 Å². The van der Waals surface area contributed by atoms with Crippen molar-refractivity contribution in [2.45, 2.75) is 26.8 Å². The summed E-state index contributed by atoms with van der Waals surface area (Å²) in [5.74, 6) is 0.901. The lowest BCUT2D eigenvalue weighted by atomic mass is 9.92. The molecule has 1 saturated heterocycles. The number of carbonyl (C=O) groups is 1. The summed E-state index contributed by atoms with van der Waals surface area (Å²) in [6.07, 6.45) is 1.27. The Bertz CT molecular complexity index is 1050. The molecule has 4 rings (SSSR count). The first kappa shape index (κ1) is 18.8. The van der Waals surface area contributed by atoms with Crippen LogP contribution in [0.1, 0.15) is 36.5 Å². The lowest BCUT2D eigenvalue weighted by Crippen LogP contribution is -2.38. The molecule has 7 heteroatoms. The zero-order valence-electron chi connectivity index (χ0n) is 16.0. The summed E-state index contributed by atoms with van der Waals surface area (Å²) in [4.78, 5) is 31.6. The minimum Gasteiger partial charge on any atom is -0.451 e. The largest absolute Gasteiger partial charge is 0.451 e. The number of likely N-dealkylation sites (tertiary alicyclic amines) is 1. The lowest BCUT2D eigenvalue weighted by molar-refractivity contribution is 0.0997. The van der Waals surface area contributed by atoms with E-state index in [0.29, 0.717) is 27.9 Å². The van der Waals surface area contributed by atoms with Gasteiger partial charge in [0.2, 0.25) is 0 Å². The van der Waals surface area contributed by atoms with Crippen LogP contribution in [-0.2, 0) is 6.54 Å². The number of fused-ring (bicyclic) bond motifs is 1. The van der Waals surface area contributed by atoms with Crippen molar-refractivity contribution in [3.05, 3.63) is 57.4 Å². The van der Waals surface area contributed by atoms with E-state index in [1.165, 1.54) is 23.8 Å². The highest BCUT2D eigenvalue weighted by atomic mass is 32.1. The lowest BCUT2D eigenvalue weighted by Gasteiger charge is -2.34. The predicted molar refractivity (Wildman–Crippen MR) is 111 cm³/mol. The van der Waals surface area contributed by atoms with E-state index < -0.39 is 5.91 Å². The van der Waals surface area contributed by atoms with Crippen LogP contribution in [0.3, 0.4) is 0 Å². The number of para-hydroxylation sites is 1. The highest BCUT2D eigenvalue weighted by molar-refractivity contribution is 7.13.